The molecule has 15 nitrogen and oxygen atoms in total. The van der Waals surface area contributed by atoms with Crippen molar-refractivity contribution in [3.05, 3.63) is 0 Å². The molecule has 10 atom stereocenters. The van der Waals surface area contributed by atoms with Crippen LogP contribution in [0.2, 0.25) is 0 Å². The SMILES string of the molecule is CC(=O)N[C@H]1[C@@H](OC[C@H]2O[C@@H]3OC4(CCCCC4)O[C@@H]3[C@H]3OC4(CCCCC4)O[C@@H]32)O[C@@H](COC(C)=O)[C@@H](OC(C)=O)[C@H]1OC(C)=O. The van der Waals surface area contributed by atoms with Gasteiger partial charge in [0, 0.05) is 53.4 Å². The molecule has 0 aromatic rings. The largest absolute Gasteiger partial charge is 0.463 e. The Bertz CT molecular complexity index is 1170. The van der Waals surface area contributed by atoms with E-state index in [1.807, 2.05) is 0 Å². The first kappa shape index (κ1) is 34.5. The van der Waals surface area contributed by atoms with E-state index in [2.05, 4.69) is 5.32 Å². The molecule has 2 aliphatic carbocycles. The number of amides is 1. The minimum atomic E-state index is -1.24. The average Bonchev–Trinajstić information content (AvgIpc) is 3.55. The minimum Gasteiger partial charge on any atom is -0.463 e. The minimum absolute atomic E-state index is 0.0910. The Morgan fingerprint density at radius 1 is 0.638 bits per heavy atom. The summed E-state index contributed by atoms with van der Waals surface area (Å²) in [7, 11) is 0. The summed E-state index contributed by atoms with van der Waals surface area (Å²) in [6.45, 7) is 4.46. The Kier molecular flexibility index (Phi) is 10.4. The lowest BCUT2D eigenvalue weighted by Gasteiger charge is -2.45. The normalized spacial score (nSPS) is 38.6. The third kappa shape index (κ3) is 7.61. The van der Waals surface area contributed by atoms with Gasteiger partial charge in [0.25, 0.3) is 0 Å². The summed E-state index contributed by atoms with van der Waals surface area (Å²) in [5.41, 5.74) is 0. The quantitative estimate of drug-likeness (QED) is 0.293. The third-order valence-corrected chi connectivity index (χ3v) is 9.70. The zero-order valence-electron chi connectivity index (χ0n) is 27.5. The van der Waals surface area contributed by atoms with Gasteiger partial charge in [-0.15, -0.1) is 0 Å². The van der Waals surface area contributed by atoms with Crippen LogP contribution < -0.4 is 5.32 Å². The van der Waals surface area contributed by atoms with Crippen molar-refractivity contribution in [2.24, 2.45) is 0 Å². The molecule has 0 radical (unpaired) electrons. The Hall–Kier alpha value is -2.40. The van der Waals surface area contributed by atoms with Gasteiger partial charge < -0.3 is 52.7 Å². The molecular formula is C32H47NO14. The van der Waals surface area contributed by atoms with Crippen LogP contribution in [0.4, 0.5) is 0 Å². The second-order valence-electron chi connectivity index (χ2n) is 13.4. The standard InChI is InChI=1S/C32H47NO14/c1-17(34)33-23-26(41-20(4)37)24(40-19(3)36)21(15-38-18(2)35)42-29(23)39-16-22-25-27(45-31(44-25)11-7-5-8-12-31)28-30(43-22)47-32(46-28)13-9-6-10-14-32/h21-30H,5-16H2,1-4H3,(H,33,34)/t21-,22+,23+,24+,25+,26-,27-,28+,29-,30+/m0/s1. The van der Waals surface area contributed by atoms with Crippen molar-refractivity contribution in [3.8, 4) is 0 Å². The molecule has 15 heteroatoms. The number of nitrogens with one attached hydrogen (secondary N) is 1. The monoisotopic (exact) mass is 669 g/mol. The molecule has 47 heavy (non-hydrogen) atoms. The van der Waals surface area contributed by atoms with E-state index in [1.165, 1.54) is 27.7 Å². The van der Waals surface area contributed by atoms with Crippen molar-refractivity contribution in [2.75, 3.05) is 13.2 Å². The van der Waals surface area contributed by atoms with Crippen LogP contribution in [0.5, 0.6) is 0 Å². The molecule has 4 aliphatic heterocycles. The van der Waals surface area contributed by atoms with Crippen molar-refractivity contribution in [1.29, 1.82) is 0 Å². The van der Waals surface area contributed by atoms with Crippen LogP contribution in [0.15, 0.2) is 0 Å². The van der Waals surface area contributed by atoms with Crippen LogP contribution in [-0.4, -0.2) is 110 Å². The van der Waals surface area contributed by atoms with Crippen LogP contribution in [0.1, 0.15) is 91.9 Å². The molecule has 1 amide bonds. The highest BCUT2D eigenvalue weighted by Crippen LogP contribution is 2.51. The predicted molar refractivity (Wildman–Crippen MR) is 156 cm³/mol. The van der Waals surface area contributed by atoms with Gasteiger partial charge in [-0.3, -0.25) is 19.2 Å². The first-order valence-electron chi connectivity index (χ1n) is 16.9. The van der Waals surface area contributed by atoms with E-state index in [0.717, 1.165) is 64.2 Å². The molecule has 0 aromatic heterocycles. The molecule has 264 valence electrons. The molecular weight excluding hydrogens is 622 g/mol. The molecule has 2 spiro atoms. The van der Waals surface area contributed by atoms with Crippen LogP contribution >= 0.6 is 0 Å². The van der Waals surface area contributed by atoms with Gasteiger partial charge >= 0.3 is 17.9 Å². The summed E-state index contributed by atoms with van der Waals surface area (Å²) in [6.07, 6.45) is 1.57. The molecule has 2 saturated carbocycles. The Labute approximate surface area is 273 Å². The second-order valence-corrected chi connectivity index (χ2v) is 13.4. The van der Waals surface area contributed by atoms with Gasteiger partial charge in [0.2, 0.25) is 5.91 Å². The van der Waals surface area contributed by atoms with Gasteiger partial charge in [-0.1, -0.05) is 12.8 Å². The van der Waals surface area contributed by atoms with Gasteiger partial charge in [0.1, 0.15) is 43.2 Å². The molecule has 6 aliphatic rings. The van der Waals surface area contributed by atoms with Crippen LogP contribution in [0.3, 0.4) is 0 Å². The van der Waals surface area contributed by atoms with Gasteiger partial charge in [-0.25, -0.2) is 0 Å². The van der Waals surface area contributed by atoms with Gasteiger partial charge in [0.15, 0.2) is 36.4 Å². The number of hydrogen-bond acceptors (Lipinski definition) is 14. The van der Waals surface area contributed by atoms with E-state index in [9.17, 15) is 19.2 Å². The summed E-state index contributed by atoms with van der Waals surface area (Å²) in [4.78, 5) is 48.4. The summed E-state index contributed by atoms with van der Waals surface area (Å²) >= 11 is 0. The van der Waals surface area contributed by atoms with E-state index in [1.54, 1.807) is 0 Å². The lowest BCUT2D eigenvalue weighted by molar-refractivity contribution is -0.298. The number of fused-ring (bicyclic) bond motifs is 3. The van der Waals surface area contributed by atoms with E-state index in [-0.39, 0.29) is 13.2 Å². The summed E-state index contributed by atoms with van der Waals surface area (Å²) < 4.78 is 61.8. The highest BCUT2D eigenvalue weighted by atomic mass is 16.9. The number of ether oxygens (including phenoxy) is 10. The summed E-state index contributed by atoms with van der Waals surface area (Å²) in [5.74, 6) is -3.92. The van der Waals surface area contributed by atoms with Crippen molar-refractivity contribution < 1.29 is 66.5 Å². The van der Waals surface area contributed by atoms with Crippen LogP contribution in [0, 0.1) is 0 Å². The molecule has 0 unspecified atom stereocenters. The van der Waals surface area contributed by atoms with E-state index < -0.39 is 96.7 Å². The number of rotatable bonds is 8. The van der Waals surface area contributed by atoms with Gasteiger partial charge in [-0.2, -0.15) is 0 Å². The molecule has 6 fully saturated rings. The van der Waals surface area contributed by atoms with Crippen molar-refractivity contribution in [1.82, 2.24) is 5.32 Å². The number of carbonyl (C=O) groups is 4. The zero-order valence-corrected chi connectivity index (χ0v) is 27.5. The molecule has 4 heterocycles. The van der Waals surface area contributed by atoms with Crippen molar-refractivity contribution in [3.63, 3.8) is 0 Å². The Morgan fingerprint density at radius 2 is 1.21 bits per heavy atom. The van der Waals surface area contributed by atoms with Crippen LogP contribution in [0.25, 0.3) is 0 Å². The summed E-state index contributed by atoms with van der Waals surface area (Å²) in [5, 5.41) is 2.73. The fourth-order valence-corrected chi connectivity index (χ4v) is 7.80. The highest BCUT2D eigenvalue weighted by molar-refractivity contribution is 5.73. The maximum atomic E-state index is 12.4. The first-order valence-corrected chi connectivity index (χ1v) is 16.9. The predicted octanol–water partition coefficient (Wildman–Crippen LogP) is 1.90. The second kappa shape index (κ2) is 14.2. The molecule has 6 rings (SSSR count). The number of esters is 3. The Balaban J connectivity index is 1.25. The average molecular weight is 670 g/mol. The van der Waals surface area contributed by atoms with Crippen molar-refractivity contribution in [2.45, 2.75) is 165 Å². The fourth-order valence-electron chi connectivity index (χ4n) is 7.80. The molecule has 0 aromatic carbocycles. The maximum absolute atomic E-state index is 12.4. The number of hydrogen-bond donors (Lipinski definition) is 1. The van der Waals surface area contributed by atoms with Gasteiger partial charge in [-0.05, 0) is 25.7 Å². The lowest BCUT2D eigenvalue weighted by atomic mass is 9.94. The topological polar surface area (TPSA) is 173 Å². The molecule has 4 saturated heterocycles. The Morgan fingerprint density at radius 3 is 1.81 bits per heavy atom. The van der Waals surface area contributed by atoms with Gasteiger partial charge in [0.05, 0.1) is 6.61 Å². The molecule has 0 bridgehead atoms. The maximum Gasteiger partial charge on any atom is 0.303 e. The fraction of sp³-hybridized carbons (Fsp3) is 0.875. The third-order valence-electron chi connectivity index (χ3n) is 9.70. The summed E-state index contributed by atoms with van der Waals surface area (Å²) in [6, 6.07) is -1.11. The smallest absolute Gasteiger partial charge is 0.303 e. The van der Waals surface area contributed by atoms with Crippen LogP contribution in [-0.2, 0) is 66.5 Å². The zero-order chi connectivity index (χ0) is 33.3. The van der Waals surface area contributed by atoms with E-state index in [4.69, 9.17) is 47.4 Å². The lowest BCUT2D eigenvalue weighted by Crippen LogP contribution is -2.67. The molecule has 1 N–H and O–H groups in total. The van der Waals surface area contributed by atoms with Crippen molar-refractivity contribution >= 4 is 23.8 Å². The number of carbonyl (C=O) groups excluding carboxylic acids is 4. The van der Waals surface area contributed by atoms with E-state index >= 15 is 0 Å². The first-order chi connectivity index (χ1) is 22.5. The van der Waals surface area contributed by atoms with E-state index in [0.29, 0.717) is 0 Å². The highest BCUT2D eigenvalue weighted by Gasteiger charge is 2.64.